The van der Waals surface area contributed by atoms with Crippen LogP contribution in [0.15, 0.2) is 18.2 Å². The van der Waals surface area contributed by atoms with Crippen molar-refractivity contribution in [3.05, 3.63) is 23.8 Å². The lowest BCUT2D eigenvalue weighted by atomic mass is 9.76. The average molecular weight is 290 g/mol. The third-order valence-corrected chi connectivity index (χ3v) is 4.17. The van der Waals surface area contributed by atoms with Gasteiger partial charge in [-0.15, -0.1) is 0 Å². The molecule has 0 heterocycles. The van der Waals surface area contributed by atoms with Crippen molar-refractivity contribution in [3.63, 3.8) is 0 Å². The van der Waals surface area contributed by atoms with Crippen LogP contribution in [0.4, 0.5) is 5.69 Å². The second-order valence-electron chi connectivity index (χ2n) is 6.24. The summed E-state index contributed by atoms with van der Waals surface area (Å²) in [5, 5.41) is 2.96. The molecule has 116 valence electrons. The topological polar surface area (TPSA) is 64.3 Å². The van der Waals surface area contributed by atoms with Crippen LogP contribution >= 0.6 is 0 Å². The molecule has 3 N–H and O–H groups in total. The minimum absolute atomic E-state index is 0.0983. The van der Waals surface area contributed by atoms with Crippen molar-refractivity contribution in [1.29, 1.82) is 0 Å². The number of carbonyl (C=O) groups is 1. The molecule has 1 aliphatic carbocycles. The molecule has 0 spiro atoms. The van der Waals surface area contributed by atoms with Gasteiger partial charge >= 0.3 is 0 Å². The SMILES string of the molecule is CCOc1cc(C)ccc1NC(=O)C1(N)CCCC(C)C1. The van der Waals surface area contributed by atoms with Crippen molar-refractivity contribution in [2.75, 3.05) is 11.9 Å². The monoisotopic (exact) mass is 290 g/mol. The van der Waals surface area contributed by atoms with Crippen LogP contribution in [-0.4, -0.2) is 18.1 Å². The van der Waals surface area contributed by atoms with E-state index in [0.29, 0.717) is 24.0 Å². The summed E-state index contributed by atoms with van der Waals surface area (Å²) in [5.74, 6) is 1.11. The van der Waals surface area contributed by atoms with Gasteiger partial charge in [0, 0.05) is 0 Å². The lowest BCUT2D eigenvalue weighted by Gasteiger charge is -2.35. The Morgan fingerprint density at radius 2 is 2.29 bits per heavy atom. The lowest BCUT2D eigenvalue weighted by Crippen LogP contribution is -2.53. The lowest BCUT2D eigenvalue weighted by molar-refractivity contribution is -0.122. The van der Waals surface area contributed by atoms with Gasteiger partial charge < -0.3 is 15.8 Å². The molecule has 0 radical (unpaired) electrons. The van der Waals surface area contributed by atoms with Gasteiger partial charge in [0.15, 0.2) is 0 Å². The number of nitrogens with two attached hydrogens (primary N) is 1. The first-order valence-corrected chi connectivity index (χ1v) is 7.78. The third kappa shape index (κ3) is 3.76. The van der Waals surface area contributed by atoms with Crippen molar-refractivity contribution in [1.82, 2.24) is 0 Å². The molecule has 1 aliphatic rings. The van der Waals surface area contributed by atoms with E-state index in [-0.39, 0.29) is 5.91 Å². The number of anilines is 1. The highest BCUT2D eigenvalue weighted by Gasteiger charge is 2.38. The maximum Gasteiger partial charge on any atom is 0.244 e. The Labute approximate surface area is 127 Å². The predicted molar refractivity (Wildman–Crippen MR) is 85.5 cm³/mol. The molecule has 2 unspecified atom stereocenters. The fourth-order valence-electron chi connectivity index (χ4n) is 3.05. The van der Waals surface area contributed by atoms with Gasteiger partial charge in [0.1, 0.15) is 5.75 Å². The van der Waals surface area contributed by atoms with Gasteiger partial charge in [-0.3, -0.25) is 4.79 Å². The van der Waals surface area contributed by atoms with Crippen LogP contribution in [-0.2, 0) is 4.79 Å². The predicted octanol–water partition coefficient (Wildman–Crippen LogP) is 3.24. The van der Waals surface area contributed by atoms with Gasteiger partial charge in [0.05, 0.1) is 17.8 Å². The number of aryl methyl sites for hydroxylation is 1. The summed E-state index contributed by atoms with van der Waals surface area (Å²) >= 11 is 0. The van der Waals surface area contributed by atoms with Crippen molar-refractivity contribution in [3.8, 4) is 5.75 Å². The first-order valence-electron chi connectivity index (χ1n) is 7.78. The zero-order chi connectivity index (χ0) is 15.5. The van der Waals surface area contributed by atoms with Gasteiger partial charge in [0.25, 0.3) is 0 Å². The van der Waals surface area contributed by atoms with Crippen LogP contribution < -0.4 is 15.8 Å². The van der Waals surface area contributed by atoms with Crippen LogP contribution in [0.1, 0.15) is 45.1 Å². The molecule has 0 aromatic heterocycles. The molecular formula is C17H26N2O2. The van der Waals surface area contributed by atoms with Crippen molar-refractivity contribution >= 4 is 11.6 Å². The van der Waals surface area contributed by atoms with Crippen LogP contribution in [0.2, 0.25) is 0 Å². The molecule has 4 heteroatoms. The van der Waals surface area contributed by atoms with Gasteiger partial charge in [-0.25, -0.2) is 0 Å². The molecule has 1 amide bonds. The van der Waals surface area contributed by atoms with Crippen molar-refractivity contribution < 1.29 is 9.53 Å². The second-order valence-corrected chi connectivity index (χ2v) is 6.24. The Balaban J connectivity index is 2.15. The fourth-order valence-corrected chi connectivity index (χ4v) is 3.05. The van der Waals surface area contributed by atoms with Gasteiger partial charge in [0.2, 0.25) is 5.91 Å². The number of carbonyl (C=O) groups excluding carboxylic acids is 1. The summed E-state index contributed by atoms with van der Waals surface area (Å²) in [6, 6.07) is 5.78. The Morgan fingerprint density at radius 3 is 2.95 bits per heavy atom. The van der Waals surface area contributed by atoms with Gasteiger partial charge in [-0.1, -0.05) is 25.8 Å². The summed E-state index contributed by atoms with van der Waals surface area (Å²) in [7, 11) is 0. The molecule has 1 aromatic rings. The van der Waals surface area contributed by atoms with Gasteiger partial charge in [-0.2, -0.15) is 0 Å². The number of amides is 1. The quantitative estimate of drug-likeness (QED) is 0.894. The molecule has 21 heavy (non-hydrogen) atoms. The Hall–Kier alpha value is -1.55. The summed E-state index contributed by atoms with van der Waals surface area (Å²) < 4.78 is 5.60. The number of hydrogen-bond donors (Lipinski definition) is 2. The molecule has 0 bridgehead atoms. The van der Waals surface area contributed by atoms with Crippen LogP contribution in [0.5, 0.6) is 5.75 Å². The van der Waals surface area contributed by atoms with E-state index in [1.807, 2.05) is 32.0 Å². The zero-order valence-corrected chi connectivity index (χ0v) is 13.2. The number of nitrogens with one attached hydrogen (secondary N) is 1. The molecular weight excluding hydrogens is 264 g/mol. The molecule has 0 saturated heterocycles. The molecule has 2 rings (SSSR count). The van der Waals surface area contributed by atoms with E-state index in [0.717, 1.165) is 31.2 Å². The summed E-state index contributed by atoms with van der Waals surface area (Å²) in [4.78, 5) is 12.6. The minimum atomic E-state index is -0.758. The maximum atomic E-state index is 12.6. The maximum absolute atomic E-state index is 12.6. The molecule has 2 atom stereocenters. The highest BCUT2D eigenvalue weighted by Crippen LogP contribution is 2.33. The van der Waals surface area contributed by atoms with E-state index in [9.17, 15) is 4.79 Å². The fraction of sp³-hybridized carbons (Fsp3) is 0.588. The zero-order valence-electron chi connectivity index (χ0n) is 13.2. The summed E-state index contributed by atoms with van der Waals surface area (Å²) in [5.41, 5.74) is 7.39. The summed E-state index contributed by atoms with van der Waals surface area (Å²) in [6.07, 6.45) is 3.66. The molecule has 1 saturated carbocycles. The molecule has 1 aromatic carbocycles. The van der Waals surface area contributed by atoms with Gasteiger partial charge in [-0.05, 0) is 50.3 Å². The molecule has 0 aliphatic heterocycles. The van der Waals surface area contributed by atoms with Crippen molar-refractivity contribution in [2.24, 2.45) is 11.7 Å². The van der Waals surface area contributed by atoms with E-state index in [1.54, 1.807) is 0 Å². The average Bonchev–Trinajstić information content (AvgIpc) is 2.41. The van der Waals surface area contributed by atoms with Crippen LogP contribution in [0.3, 0.4) is 0 Å². The number of benzene rings is 1. The minimum Gasteiger partial charge on any atom is -0.492 e. The highest BCUT2D eigenvalue weighted by molar-refractivity contribution is 5.99. The second kappa shape index (κ2) is 6.48. The van der Waals surface area contributed by atoms with Crippen LogP contribution in [0, 0.1) is 12.8 Å². The smallest absolute Gasteiger partial charge is 0.244 e. The largest absolute Gasteiger partial charge is 0.492 e. The standard InChI is InChI=1S/C17H26N2O2/c1-4-21-15-10-12(2)7-8-14(15)19-16(20)17(18)9-5-6-13(3)11-17/h7-8,10,13H,4-6,9,11,18H2,1-3H3,(H,19,20). The Bertz CT molecular complexity index is 516. The van der Waals surface area contributed by atoms with E-state index < -0.39 is 5.54 Å². The number of hydrogen-bond acceptors (Lipinski definition) is 3. The number of ether oxygens (including phenoxy) is 1. The Morgan fingerprint density at radius 1 is 1.52 bits per heavy atom. The van der Waals surface area contributed by atoms with Crippen LogP contribution in [0.25, 0.3) is 0 Å². The normalized spacial score (nSPS) is 25.4. The highest BCUT2D eigenvalue weighted by atomic mass is 16.5. The van der Waals surface area contributed by atoms with E-state index >= 15 is 0 Å². The van der Waals surface area contributed by atoms with E-state index in [1.165, 1.54) is 0 Å². The Kier molecular flexibility index (Phi) is 4.88. The van der Waals surface area contributed by atoms with Crippen molar-refractivity contribution in [2.45, 2.75) is 52.0 Å². The first-order chi connectivity index (χ1) is 9.94. The molecule has 1 fully saturated rings. The van der Waals surface area contributed by atoms with E-state index in [2.05, 4.69) is 12.2 Å². The van der Waals surface area contributed by atoms with E-state index in [4.69, 9.17) is 10.5 Å². The summed E-state index contributed by atoms with van der Waals surface area (Å²) in [6.45, 7) is 6.66. The third-order valence-electron chi connectivity index (χ3n) is 4.17. The number of rotatable bonds is 4. The first kappa shape index (κ1) is 15.8. The molecule has 4 nitrogen and oxygen atoms in total.